The van der Waals surface area contributed by atoms with Crippen LogP contribution in [0.3, 0.4) is 0 Å². The molecule has 0 aromatic heterocycles. The summed E-state index contributed by atoms with van der Waals surface area (Å²) in [6.07, 6.45) is 1.52. The van der Waals surface area contributed by atoms with Crippen molar-refractivity contribution < 1.29 is 12.8 Å². The van der Waals surface area contributed by atoms with Crippen LogP contribution in [0, 0.1) is 5.82 Å². The van der Waals surface area contributed by atoms with E-state index in [0.29, 0.717) is 0 Å². The monoisotopic (exact) mass is 290 g/mol. The van der Waals surface area contributed by atoms with Crippen molar-refractivity contribution in [2.75, 3.05) is 17.2 Å². The van der Waals surface area contributed by atoms with Crippen LogP contribution in [0.5, 0.6) is 0 Å². The lowest BCUT2D eigenvalue weighted by molar-refractivity contribution is 0.520. The van der Waals surface area contributed by atoms with E-state index in [9.17, 15) is 12.8 Å². The van der Waals surface area contributed by atoms with E-state index in [1.807, 2.05) is 0 Å². The zero-order valence-electron chi connectivity index (χ0n) is 9.73. The second kappa shape index (κ2) is 5.46. The van der Waals surface area contributed by atoms with E-state index in [2.05, 4.69) is 4.72 Å². The number of benzene rings is 1. The van der Waals surface area contributed by atoms with Gasteiger partial charge < -0.3 is 5.73 Å². The van der Waals surface area contributed by atoms with Gasteiger partial charge in [0.1, 0.15) is 10.7 Å². The first-order valence-electron chi connectivity index (χ1n) is 5.65. The molecule has 1 heterocycles. The molecule has 1 aromatic rings. The summed E-state index contributed by atoms with van der Waals surface area (Å²) in [5.41, 5.74) is 5.49. The zero-order valence-corrected chi connectivity index (χ0v) is 11.4. The Kier molecular flexibility index (Phi) is 4.14. The van der Waals surface area contributed by atoms with Gasteiger partial charge in [0.25, 0.3) is 0 Å². The van der Waals surface area contributed by atoms with Crippen LogP contribution in [0.4, 0.5) is 10.1 Å². The maximum Gasteiger partial charge on any atom is 0.245 e. The molecule has 0 saturated carbocycles. The van der Waals surface area contributed by atoms with Crippen molar-refractivity contribution in [2.24, 2.45) is 0 Å². The predicted octanol–water partition coefficient (Wildman–Crippen LogP) is 1.58. The Balaban J connectivity index is 2.25. The minimum atomic E-state index is -3.88. The maximum absolute atomic E-state index is 13.6. The number of thioether (sulfide) groups is 1. The second-order valence-electron chi connectivity index (χ2n) is 4.17. The summed E-state index contributed by atoms with van der Waals surface area (Å²) in [6, 6.07) is 3.74. The normalized spacial score (nSPS) is 17.8. The molecular weight excluding hydrogens is 275 g/mol. The van der Waals surface area contributed by atoms with Gasteiger partial charge >= 0.3 is 0 Å². The van der Waals surface area contributed by atoms with Crippen LogP contribution in [0.15, 0.2) is 23.1 Å². The average Bonchev–Trinajstić information content (AvgIpc) is 2.28. The SMILES string of the molecule is Nc1cccc(F)c1S(=O)(=O)NC1CCSCC1. The molecule has 0 spiro atoms. The van der Waals surface area contributed by atoms with E-state index < -0.39 is 20.7 Å². The Hall–Kier alpha value is -0.790. The van der Waals surface area contributed by atoms with Crippen LogP contribution in [0.25, 0.3) is 0 Å². The largest absolute Gasteiger partial charge is 0.398 e. The maximum atomic E-state index is 13.6. The van der Waals surface area contributed by atoms with E-state index >= 15 is 0 Å². The lowest BCUT2D eigenvalue weighted by atomic mass is 10.2. The third-order valence-corrected chi connectivity index (χ3v) is 5.47. The summed E-state index contributed by atoms with van der Waals surface area (Å²) in [4.78, 5) is -0.441. The van der Waals surface area contributed by atoms with Crippen molar-refractivity contribution in [3.05, 3.63) is 24.0 Å². The third-order valence-electron chi connectivity index (χ3n) is 2.81. The molecule has 4 nitrogen and oxygen atoms in total. The van der Waals surface area contributed by atoms with Gasteiger partial charge in [-0.05, 0) is 36.5 Å². The minimum absolute atomic E-state index is 0.0623. The first-order chi connectivity index (χ1) is 8.50. The standard InChI is InChI=1S/C11H15FN2O2S2/c12-9-2-1-3-10(13)11(9)18(15,16)14-8-4-6-17-7-5-8/h1-3,8,14H,4-7,13H2. The highest BCUT2D eigenvalue weighted by Gasteiger charge is 2.26. The Morgan fingerprint density at radius 2 is 2.00 bits per heavy atom. The van der Waals surface area contributed by atoms with Gasteiger partial charge in [-0.2, -0.15) is 11.8 Å². The lowest BCUT2D eigenvalue weighted by Crippen LogP contribution is -2.37. The van der Waals surface area contributed by atoms with Gasteiger partial charge in [-0.25, -0.2) is 17.5 Å². The number of rotatable bonds is 3. The molecule has 1 aromatic carbocycles. The Bertz CT molecular complexity index is 508. The first-order valence-corrected chi connectivity index (χ1v) is 8.28. The van der Waals surface area contributed by atoms with Gasteiger partial charge in [-0.3, -0.25) is 0 Å². The van der Waals surface area contributed by atoms with Crippen molar-refractivity contribution in [1.29, 1.82) is 0 Å². The number of hydrogen-bond acceptors (Lipinski definition) is 4. The number of nitrogens with two attached hydrogens (primary N) is 1. The smallest absolute Gasteiger partial charge is 0.245 e. The third kappa shape index (κ3) is 2.96. The second-order valence-corrected chi connectivity index (χ2v) is 7.04. The fourth-order valence-electron chi connectivity index (χ4n) is 1.90. The Morgan fingerprint density at radius 3 is 2.61 bits per heavy atom. The first kappa shape index (κ1) is 13.6. The molecule has 0 bridgehead atoms. The van der Waals surface area contributed by atoms with Crippen LogP contribution in [0.1, 0.15) is 12.8 Å². The van der Waals surface area contributed by atoms with E-state index in [0.717, 1.165) is 30.4 Å². The Morgan fingerprint density at radius 1 is 1.33 bits per heavy atom. The number of nitrogens with one attached hydrogen (secondary N) is 1. The highest BCUT2D eigenvalue weighted by Crippen LogP contribution is 2.24. The van der Waals surface area contributed by atoms with Crippen molar-refractivity contribution >= 4 is 27.5 Å². The highest BCUT2D eigenvalue weighted by atomic mass is 32.2. The number of anilines is 1. The van der Waals surface area contributed by atoms with E-state index in [-0.39, 0.29) is 11.7 Å². The average molecular weight is 290 g/mol. The van der Waals surface area contributed by atoms with Crippen molar-refractivity contribution in [2.45, 2.75) is 23.8 Å². The van der Waals surface area contributed by atoms with Gasteiger partial charge in [0.15, 0.2) is 0 Å². The molecule has 1 fully saturated rings. The van der Waals surface area contributed by atoms with Gasteiger partial charge in [0, 0.05) is 6.04 Å². The van der Waals surface area contributed by atoms with E-state index in [4.69, 9.17) is 5.73 Å². The van der Waals surface area contributed by atoms with E-state index in [1.165, 1.54) is 12.1 Å². The van der Waals surface area contributed by atoms with Crippen LogP contribution >= 0.6 is 11.8 Å². The molecule has 0 amide bonds. The van der Waals surface area contributed by atoms with Crippen LogP contribution in [-0.4, -0.2) is 26.0 Å². The van der Waals surface area contributed by atoms with Crippen LogP contribution in [-0.2, 0) is 10.0 Å². The predicted molar refractivity (Wildman–Crippen MR) is 71.5 cm³/mol. The lowest BCUT2D eigenvalue weighted by Gasteiger charge is -2.22. The Labute approximate surface area is 110 Å². The van der Waals surface area contributed by atoms with Crippen LogP contribution < -0.4 is 10.5 Å². The number of hydrogen-bond donors (Lipinski definition) is 2. The molecule has 2 rings (SSSR count). The molecule has 0 atom stereocenters. The van der Waals surface area contributed by atoms with E-state index in [1.54, 1.807) is 11.8 Å². The van der Waals surface area contributed by atoms with Gasteiger partial charge in [-0.15, -0.1) is 0 Å². The fourth-order valence-corrected chi connectivity index (χ4v) is 4.50. The van der Waals surface area contributed by atoms with Crippen LogP contribution in [0.2, 0.25) is 0 Å². The molecule has 100 valence electrons. The number of halogens is 1. The molecule has 1 aliphatic heterocycles. The minimum Gasteiger partial charge on any atom is -0.398 e. The molecular formula is C11H15FN2O2S2. The van der Waals surface area contributed by atoms with Crippen molar-refractivity contribution in [3.8, 4) is 0 Å². The molecule has 1 saturated heterocycles. The van der Waals surface area contributed by atoms with Crippen molar-refractivity contribution in [1.82, 2.24) is 4.72 Å². The molecule has 0 aliphatic carbocycles. The molecule has 18 heavy (non-hydrogen) atoms. The fraction of sp³-hybridized carbons (Fsp3) is 0.455. The van der Waals surface area contributed by atoms with Gasteiger partial charge in [-0.1, -0.05) is 6.07 Å². The molecule has 0 unspecified atom stereocenters. The van der Waals surface area contributed by atoms with Crippen molar-refractivity contribution in [3.63, 3.8) is 0 Å². The highest BCUT2D eigenvalue weighted by molar-refractivity contribution is 7.99. The number of nitrogen functional groups attached to an aromatic ring is 1. The zero-order chi connectivity index (χ0) is 13.2. The quantitative estimate of drug-likeness (QED) is 0.829. The molecule has 0 radical (unpaired) electrons. The summed E-state index contributed by atoms with van der Waals surface area (Å²) in [5.74, 6) is 1.02. The summed E-state index contributed by atoms with van der Waals surface area (Å²) < 4.78 is 40.3. The van der Waals surface area contributed by atoms with Gasteiger partial charge in [0.05, 0.1) is 5.69 Å². The number of sulfonamides is 1. The summed E-state index contributed by atoms with van der Waals surface area (Å²) >= 11 is 1.79. The summed E-state index contributed by atoms with van der Waals surface area (Å²) in [6.45, 7) is 0. The summed E-state index contributed by atoms with van der Waals surface area (Å²) in [5, 5.41) is 0. The molecule has 3 N–H and O–H groups in total. The molecule has 1 aliphatic rings. The topological polar surface area (TPSA) is 72.2 Å². The van der Waals surface area contributed by atoms with Gasteiger partial charge in [0.2, 0.25) is 10.0 Å². The molecule has 7 heteroatoms. The summed E-state index contributed by atoms with van der Waals surface area (Å²) in [7, 11) is -3.88.